The Morgan fingerprint density at radius 1 is 1.31 bits per heavy atom. The molecule has 1 spiro atoms. The molecule has 1 atom stereocenters. The van der Waals surface area contributed by atoms with E-state index in [4.69, 9.17) is 5.73 Å². The van der Waals surface area contributed by atoms with Crippen LogP contribution in [-0.4, -0.2) is 29.0 Å². The van der Waals surface area contributed by atoms with Crippen molar-refractivity contribution in [3.8, 4) is 0 Å². The summed E-state index contributed by atoms with van der Waals surface area (Å²) in [6.07, 6.45) is 7.88. The van der Waals surface area contributed by atoms with E-state index in [1.165, 1.54) is 38.5 Å². The van der Waals surface area contributed by atoms with Gasteiger partial charge in [-0.3, -0.25) is 4.99 Å². The summed E-state index contributed by atoms with van der Waals surface area (Å²) in [6, 6.07) is 0.708. The molecule has 3 aliphatic rings. The molecule has 1 heterocycles. The first kappa shape index (κ1) is 10.4. The fourth-order valence-electron chi connectivity index (χ4n) is 3.83. The second-order valence-corrected chi connectivity index (χ2v) is 6.69. The van der Waals surface area contributed by atoms with Gasteiger partial charge in [0.1, 0.15) is 0 Å². The van der Waals surface area contributed by atoms with E-state index in [1.807, 2.05) is 0 Å². The Hall–Kier alpha value is -0.730. The predicted molar refractivity (Wildman–Crippen MR) is 66.3 cm³/mol. The van der Waals surface area contributed by atoms with Crippen molar-refractivity contribution in [2.24, 2.45) is 16.1 Å². The van der Waals surface area contributed by atoms with Gasteiger partial charge in [-0.1, -0.05) is 20.3 Å². The van der Waals surface area contributed by atoms with Crippen LogP contribution in [-0.2, 0) is 0 Å². The summed E-state index contributed by atoms with van der Waals surface area (Å²) in [5.74, 6) is 0.820. The van der Waals surface area contributed by atoms with Crippen molar-refractivity contribution >= 4 is 5.96 Å². The largest absolute Gasteiger partial charge is 0.370 e. The molecular weight excluding hydrogens is 198 g/mol. The molecule has 90 valence electrons. The maximum absolute atomic E-state index is 6.09. The van der Waals surface area contributed by atoms with E-state index in [9.17, 15) is 0 Å². The Balaban J connectivity index is 1.87. The van der Waals surface area contributed by atoms with E-state index < -0.39 is 0 Å². The zero-order valence-electron chi connectivity index (χ0n) is 10.5. The molecule has 2 fully saturated rings. The Morgan fingerprint density at radius 2 is 2.06 bits per heavy atom. The minimum Gasteiger partial charge on any atom is -0.370 e. The van der Waals surface area contributed by atoms with Crippen LogP contribution in [0.5, 0.6) is 0 Å². The molecule has 3 rings (SSSR count). The Labute approximate surface area is 98.1 Å². The van der Waals surface area contributed by atoms with Crippen molar-refractivity contribution in [1.82, 2.24) is 4.90 Å². The third kappa shape index (κ3) is 1.52. The van der Waals surface area contributed by atoms with Gasteiger partial charge >= 0.3 is 0 Å². The van der Waals surface area contributed by atoms with Crippen LogP contribution >= 0.6 is 0 Å². The molecule has 2 saturated carbocycles. The second kappa shape index (κ2) is 3.14. The molecule has 0 bridgehead atoms. The molecule has 0 radical (unpaired) electrons. The van der Waals surface area contributed by atoms with Crippen molar-refractivity contribution in [3.05, 3.63) is 0 Å². The number of nitrogens with zero attached hydrogens (tertiary/aromatic N) is 2. The van der Waals surface area contributed by atoms with Crippen LogP contribution in [0.2, 0.25) is 0 Å². The molecule has 1 aliphatic heterocycles. The highest BCUT2D eigenvalue weighted by Gasteiger charge is 2.52. The zero-order chi connectivity index (χ0) is 11.4. The number of hydrogen-bond acceptors (Lipinski definition) is 3. The molecule has 0 aromatic carbocycles. The number of rotatable bonds is 1. The summed E-state index contributed by atoms with van der Waals surface area (Å²) in [7, 11) is 0. The quantitative estimate of drug-likeness (QED) is 0.737. The Morgan fingerprint density at radius 3 is 2.69 bits per heavy atom. The fraction of sp³-hybridized carbons (Fsp3) is 0.923. The maximum atomic E-state index is 6.09. The monoisotopic (exact) mass is 221 g/mol. The molecule has 3 heteroatoms. The molecular formula is C13H23N3. The van der Waals surface area contributed by atoms with Crippen molar-refractivity contribution in [1.29, 1.82) is 0 Å². The first-order chi connectivity index (χ1) is 7.53. The number of nitrogens with two attached hydrogens (primary N) is 1. The lowest BCUT2D eigenvalue weighted by Gasteiger charge is -2.48. The molecule has 0 aromatic rings. The molecule has 0 amide bonds. The van der Waals surface area contributed by atoms with Gasteiger partial charge in [-0.05, 0) is 37.5 Å². The van der Waals surface area contributed by atoms with Gasteiger partial charge < -0.3 is 10.6 Å². The van der Waals surface area contributed by atoms with Crippen LogP contribution in [0.3, 0.4) is 0 Å². The normalized spacial score (nSPS) is 37.9. The van der Waals surface area contributed by atoms with E-state index in [0.29, 0.717) is 11.5 Å². The second-order valence-electron chi connectivity index (χ2n) is 6.69. The van der Waals surface area contributed by atoms with Gasteiger partial charge in [-0.2, -0.15) is 0 Å². The summed E-state index contributed by atoms with van der Waals surface area (Å²) in [4.78, 5) is 7.02. The van der Waals surface area contributed by atoms with Crippen LogP contribution in [0.25, 0.3) is 0 Å². The molecule has 2 N–H and O–H groups in total. The van der Waals surface area contributed by atoms with Gasteiger partial charge in [-0.25, -0.2) is 0 Å². The van der Waals surface area contributed by atoms with Crippen molar-refractivity contribution in [2.75, 3.05) is 6.54 Å². The standard InChI is InChI=1S/C13H23N3/c1-12(2)6-3-7-13(8-12)9-15-11(14)16(13)10-4-5-10/h10H,3-9H2,1-2H3,(H2,14,15). The summed E-state index contributed by atoms with van der Waals surface area (Å²) < 4.78 is 0. The van der Waals surface area contributed by atoms with Crippen molar-refractivity contribution in [2.45, 2.75) is 64.0 Å². The molecule has 0 saturated heterocycles. The average Bonchev–Trinajstić information content (AvgIpc) is 2.94. The van der Waals surface area contributed by atoms with Gasteiger partial charge in [0.05, 0.1) is 12.1 Å². The average molecular weight is 221 g/mol. The highest BCUT2D eigenvalue weighted by molar-refractivity contribution is 5.81. The SMILES string of the molecule is CC1(C)CCCC2(CN=C(N)N2C2CC2)C1. The van der Waals surface area contributed by atoms with Gasteiger partial charge in [0.15, 0.2) is 5.96 Å². The van der Waals surface area contributed by atoms with Gasteiger partial charge in [0.2, 0.25) is 0 Å². The summed E-state index contributed by atoms with van der Waals surface area (Å²) >= 11 is 0. The lowest BCUT2D eigenvalue weighted by atomic mass is 9.67. The Bertz CT molecular complexity index is 330. The molecule has 0 aromatic heterocycles. The van der Waals surface area contributed by atoms with E-state index in [2.05, 4.69) is 23.7 Å². The minimum absolute atomic E-state index is 0.285. The lowest BCUT2D eigenvalue weighted by Crippen LogP contribution is -2.56. The van der Waals surface area contributed by atoms with Gasteiger partial charge in [0, 0.05) is 6.04 Å². The van der Waals surface area contributed by atoms with E-state index in [1.54, 1.807) is 0 Å². The lowest BCUT2D eigenvalue weighted by molar-refractivity contribution is 0.0634. The third-order valence-corrected chi connectivity index (χ3v) is 4.51. The summed E-state index contributed by atoms with van der Waals surface area (Å²) in [5.41, 5.74) is 6.84. The fourth-order valence-corrected chi connectivity index (χ4v) is 3.83. The highest BCUT2D eigenvalue weighted by atomic mass is 15.4. The first-order valence-electron chi connectivity index (χ1n) is 6.62. The van der Waals surface area contributed by atoms with Crippen LogP contribution in [0.1, 0.15) is 52.4 Å². The van der Waals surface area contributed by atoms with Crippen LogP contribution < -0.4 is 5.73 Å². The molecule has 2 aliphatic carbocycles. The Kier molecular flexibility index (Phi) is 2.05. The predicted octanol–water partition coefficient (Wildman–Crippen LogP) is 2.12. The maximum Gasteiger partial charge on any atom is 0.192 e. The third-order valence-electron chi connectivity index (χ3n) is 4.51. The first-order valence-corrected chi connectivity index (χ1v) is 6.62. The van der Waals surface area contributed by atoms with Crippen molar-refractivity contribution in [3.63, 3.8) is 0 Å². The van der Waals surface area contributed by atoms with Crippen LogP contribution in [0.15, 0.2) is 4.99 Å². The number of hydrogen-bond donors (Lipinski definition) is 1. The number of guanidine groups is 1. The van der Waals surface area contributed by atoms with E-state index in [-0.39, 0.29) is 5.54 Å². The smallest absolute Gasteiger partial charge is 0.192 e. The number of aliphatic imine (C=N–C) groups is 1. The molecule has 16 heavy (non-hydrogen) atoms. The van der Waals surface area contributed by atoms with Gasteiger partial charge in [-0.15, -0.1) is 0 Å². The van der Waals surface area contributed by atoms with Crippen LogP contribution in [0, 0.1) is 5.41 Å². The summed E-state index contributed by atoms with van der Waals surface area (Å²) in [6.45, 7) is 5.74. The molecule has 1 unspecified atom stereocenters. The highest BCUT2D eigenvalue weighted by Crippen LogP contribution is 2.49. The van der Waals surface area contributed by atoms with Crippen molar-refractivity contribution < 1.29 is 0 Å². The topological polar surface area (TPSA) is 41.6 Å². The molecule has 3 nitrogen and oxygen atoms in total. The van der Waals surface area contributed by atoms with E-state index >= 15 is 0 Å². The van der Waals surface area contributed by atoms with E-state index in [0.717, 1.165) is 12.5 Å². The summed E-state index contributed by atoms with van der Waals surface area (Å²) in [5, 5.41) is 0. The van der Waals surface area contributed by atoms with Gasteiger partial charge in [0.25, 0.3) is 0 Å². The zero-order valence-corrected chi connectivity index (χ0v) is 10.5. The minimum atomic E-state index is 0.285. The van der Waals surface area contributed by atoms with Crippen LogP contribution in [0.4, 0.5) is 0 Å².